The number of carbonyl (C=O) groups is 2. The van der Waals surface area contributed by atoms with Crippen LogP contribution < -0.4 is 10.6 Å². The molecule has 0 heterocycles. The highest BCUT2D eigenvalue weighted by molar-refractivity contribution is 6.32. The van der Waals surface area contributed by atoms with E-state index in [-0.39, 0.29) is 24.8 Å². The van der Waals surface area contributed by atoms with E-state index in [0.29, 0.717) is 26.9 Å². The molecular weight excluding hydrogens is 457 g/mol. The van der Waals surface area contributed by atoms with Crippen molar-refractivity contribution in [2.24, 2.45) is 0 Å². The number of anilines is 1. The molecule has 0 saturated carbocycles. The number of halogens is 2. The second-order valence-electron chi connectivity index (χ2n) is 7.73. The summed E-state index contributed by atoms with van der Waals surface area (Å²) in [5, 5.41) is 16.3. The molecule has 3 rings (SSSR count). The van der Waals surface area contributed by atoms with E-state index in [1.54, 1.807) is 48.5 Å². The number of nitriles is 1. The molecule has 33 heavy (non-hydrogen) atoms. The molecule has 3 aromatic carbocycles. The summed E-state index contributed by atoms with van der Waals surface area (Å²) in [7, 11) is 0. The zero-order valence-electron chi connectivity index (χ0n) is 18.3. The minimum atomic E-state index is -0.560. The van der Waals surface area contributed by atoms with Crippen molar-refractivity contribution in [2.75, 3.05) is 11.9 Å². The van der Waals surface area contributed by atoms with Crippen LogP contribution in [0.5, 0.6) is 0 Å². The number of nitrogens with zero attached hydrogens (tertiary/aromatic N) is 1. The largest absolute Gasteiger partial charge is 0.352 e. The van der Waals surface area contributed by atoms with E-state index in [9.17, 15) is 14.9 Å². The van der Waals surface area contributed by atoms with E-state index in [4.69, 9.17) is 23.2 Å². The van der Waals surface area contributed by atoms with Gasteiger partial charge in [0.15, 0.2) is 0 Å². The molecule has 0 radical (unpaired) electrons. The molecule has 1 unspecified atom stereocenters. The van der Waals surface area contributed by atoms with Crippen LogP contribution in [-0.2, 0) is 4.79 Å². The summed E-state index contributed by atoms with van der Waals surface area (Å²) in [4.78, 5) is 24.6. The molecule has 0 aliphatic carbocycles. The Balaban J connectivity index is 1.63. The molecule has 0 aliphatic rings. The first-order valence-electron chi connectivity index (χ1n) is 10.4. The molecule has 0 bridgehead atoms. The first kappa shape index (κ1) is 24.3. The fourth-order valence-corrected chi connectivity index (χ4v) is 3.83. The number of aryl methyl sites for hydroxylation is 2. The first-order chi connectivity index (χ1) is 15.8. The lowest BCUT2D eigenvalue weighted by Crippen LogP contribution is -2.27. The Morgan fingerprint density at radius 1 is 1.03 bits per heavy atom. The molecule has 5 nitrogen and oxygen atoms in total. The Morgan fingerprint density at radius 2 is 1.76 bits per heavy atom. The predicted octanol–water partition coefficient (Wildman–Crippen LogP) is 6.02. The minimum Gasteiger partial charge on any atom is -0.352 e. The number of rotatable bonds is 7. The van der Waals surface area contributed by atoms with Gasteiger partial charge in [0.2, 0.25) is 5.91 Å². The Morgan fingerprint density at radius 3 is 2.42 bits per heavy atom. The molecule has 2 amide bonds. The number of amides is 2. The van der Waals surface area contributed by atoms with Gasteiger partial charge in [0.1, 0.15) is 0 Å². The molecule has 2 N–H and O–H groups in total. The highest BCUT2D eigenvalue weighted by atomic mass is 35.5. The summed E-state index contributed by atoms with van der Waals surface area (Å²) in [5.41, 5.74) is 4.33. The van der Waals surface area contributed by atoms with E-state index in [1.807, 2.05) is 26.0 Å². The smallest absolute Gasteiger partial charge is 0.251 e. The van der Waals surface area contributed by atoms with Gasteiger partial charge in [0.25, 0.3) is 5.91 Å². The third-order valence-corrected chi connectivity index (χ3v) is 5.76. The van der Waals surface area contributed by atoms with Gasteiger partial charge in [-0.1, -0.05) is 59.1 Å². The zero-order chi connectivity index (χ0) is 24.0. The van der Waals surface area contributed by atoms with Crippen LogP contribution in [0.1, 0.15) is 45.0 Å². The summed E-state index contributed by atoms with van der Waals surface area (Å²) in [6.45, 7) is 3.96. The van der Waals surface area contributed by atoms with E-state index in [2.05, 4.69) is 16.7 Å². The number of hydrogen-bond acceptors (Lipinski definition) is 3. The molecule has 0 spiro atoms. The highest BCUT2D eigenvalue weighted by Gasteiger charge is 2.19. The summed E-state index contributed by atoms with van der Waals surface area (Å²) in [5.74, 6) is -1.03. The Labute approximate surface area is 203 Å². The number of hydrogen-bond donors (Lipinski definition) is 2. The van der Waals surface area contributed by atoms with Crippen molar-refractivity contribution in [3.63, 3.8) is 0 Å². The van der Waals surface area contributed by atoms with Crippen LogP contribution >= 0.6 is 23.2 Å². The SMILES string of the molecule is Cc1cccc(C(=O)NCCC(=O)Nc2cc(Cl)c(C(C#N)c3ccc(Cl)cc3)cc2C)c1. The quantitative estimate of drug-likeness (QED) is 0.434. The van der Waals surface area contributed by atoms with Crippen molar-refractivity contribution in [2.45, 2.75) is 26.2 Å². The van der Waals surface area contributed by atoms with Gasteiger partial charge in [-0.05, 0) is 60.9 Å². The van der Waals surface area contributed by atoms with Gasteiger partial charge in [-0.15, -0.1) is 0 Å². The molecule has 0 saturated heterocycles. The van der Waals surface area contributed by atoms with Crippen molar-refractivity contribution < 1.29 is 9.59 Å². The van der Waals surface area contributed by atoms with Gasteiger partial charge in [0, 0.05) is 34.3 Å². The van der Waals surface area contributed by atoms with Gasteiger partial charge < -0.3 is 10.6 Å². The lowest BCUT2D eigenvalue weighted by atomic mass is 9.91. The van der Waals surface area contributed by atoms with Gasteiger partial charge in [-0.25, -0.2) is 0 Å². The maximum atomic E-state index is 12.4. The van der Waals surface area contributed by atoms with Crippen molar-refractivity contribution in [3.8, 4) is 6.07 Å². The normalized spacial score (nSPS) is 11.4. The Bertz CT molecular complexity index is 1220. The molecule has 7 heteroatoms. The average molecular weight is 480 g/mol. The lowest BCUT2D eigenvalue weighted by Gasteiger charge is -2.16. The third kappa shape index (κ3) is 6.35. The highest BCUT2D eigenvalue weighted by Crippen LogP contribution is 2.34. The molecule has 0 aromatic heterocycles. The molecule has 0 aliphatic heterocycles. The van der Waals surface area contributed by atoms with Gasteiger partial charge in [0.05, 0.1) is 12.0 Å². The number of benzene rings is 3. The molecule has 1 atom stereocenters. The molecule has 168 valence electrons. The van der Waals surface area contributed by atoms with Crippen LogP contribution in [0.15, 0.2) is 60.7 Å². The standard InChI is InChI=1S/C26H23Cl2N3O2/c1-16-4-3-5-19(12-16)26(33)30-11-10-25(32)31-24-14-23(28)21(13-17(24)2)22(15-29)18-6-8-20(27)9-7-18/h3-9,12-14,22H,10-11H2,1-2H3,(H,30,33)(H,31,32). The van der Waals surface area contributed by atoms with Crippen LogP contribution in [0.3, 0.4) is 0 Å². The minimum absolute atomic E-state index is 0.113. The summed E-state index contributed by atoms with van der Waals surface area (Å²) < 4.78 is 0. The second-order valence-corrected chi connectivity index (χ2v) is 8.57. The Hall–Kier alpha value is -3.33. The maximum absolute atomic E-state index is 12.4. The monoisotopic (exact) mass is 479 g/mol. The fourth-order valence-electron chi connectivity index (χ4n) is 3.43. The van der Waals surface area contributed by atoms with Gasteiger partial charge >= 0.3 is 0 Å². The Kier molecular flexibility index (Phi) is 8.11. The van der Waals surface area contributed by atoms with E-state index in [0.717, 1.165) is 16.7 Å². The van der Waals surface area contributed by atoms with Gasteiger partial charge in [-0.2, -0.15) is 5.26 Å². The molecule has 0 fully saturated rings. The summed E-state index contributed by atoms with van der Waals surface area (Å²) in [6, 6.07) is 20.0. The van der Waals surface area contributed by atoms with Crippen LogP contribution in [0.2, 0.25) is 10.0 Å². The summed E-state index contributed by atoms with van der Waals surface area (Å²) in [6.07, 6.45) is 0.113. The molecular formula is C26H23Cl2N3O2. The van der Waals surface area contributed by atoms with Crippen molar-refractivity contribution in [3.05, 3.63) is 98.5 Å². The number of nitrogens with one attached hydrogen (secondary N) is 2. The van der Waals surface area contributed by atoms with E-state index >= 15 is 0 Å². The fraction of sp³-hybridized carbons (Fsp3) is 0.192. The maximum Gasteiger partial charge on any atom is 0.251 e. The topological polar surface area (TPSA) is 82.0 Å². The third-order valence-electron chi connectivity index (χ3n) is 5.18. The van der Waals surface area contributed by atoms with Crippen LogP contribution in [0, 0.1) is 25.2 Å². The van der Waals surface area contributed by atoms with E-state index < -0.39 is 5.92 Å². The zero-order valence-corrected chi connectivity index (χ0v) is 19.8. The van der Waals surface area contributed by atoms with Crippen LogP contribution in [-0.4, -0.2) is 18.4 Å². The summed E-state index contributed by atoms with van der Waals surface area (Å²) >= 11 is 12.4. The predicted molar refractivity (Wildman–Crippen MR) is 132 cm³/mol. The van der Waals surface area contributed by atoms with Crippen LogP contribution in [0.25, 0.3) is 0 Å². The van der Waals surface area contributed by atoms with Crippen molar-refractivity contribution in [1.29, 1.82) is 5.26 Å². The first-order valence-corrected chi connectivity index (χ1v) is 11.1. The van der Waals surface area contributed by atoms with E-state index in [1.165, 1.54) is 0 Å². The average Bonchev–Trinajstić information content (AvgIpc) is 2.78. The van der Waals surface area contributed by atoms with Crippen molar-refractivity contribution >= 4 is 40.7 Å². The van der Waals surface area contributed by atoms with Crippen LogP contribution in [0.4, 0.5) is 5.69 Å². The van der Waals surface area contributed by atoms with Gasteiger partial charge in [-0.3, -0.25) is 9.59 Å². The number of carbonyl (C=O) groups excluding carboxylic acids is 2. The molecule has 3 aromatic rings. The lowest BCUT2D eigenvalue weighted by molar-refractivity contribution is -0.116. The van der Waals surface area contributed by atoms with Crippen molar-refractivity contribution in [1.82, 2.24) is 5.32 Å². The second kappa shape index (κ2) is 11.0.